The first-order valence-electron chi connectivity index (χ1n) is 13.7. The van der Waals surface area contributed by atoms with Crippen LogP contribution in [-0.4, -0.2) is 34.2 Å². The summed E-state index contributed by atoms with van der Waals surface area (Å²) >= 11 is 6.86. The van der Waals surface area contributed by atoms with Gasteiger partial charge < -0.3 is 9.84 Å². The number of hydrogen-bond donors (Lipinski definition) is 1. The molecule has 3 atom stereocenters. The highest BCUT2D eigenvalue weighted by Gasteiger charge is 2.45. The summed E-state index contributed by atoms with van der Waals surface area (Å²) < 4.78 is 6.41. The molecule has 1 N–H and O–H groups in total. The number of carboxylic acids is 1. The number of hydrogen-bond acceptors (Lipinski definition) is 3. The van der Waals surface area contributed by atoms with Crippen LogP contribution in [0.3, 0.4) is 0 Å². The summed E-state index contributed by atoms with van der Waals surface area (Å²) in [7, 11) is 0. The molecule has 1 aliphatic carbocycles. The van der Waals surface area contributed by atoms with E-state index in [0.717, 1.165) is 67.9 Å². The van der Waals surface area contributed by atoms with Crippen LogP contribution in [0.15, 0.2) is 43.0 Å². The zero-order valence-corrected chi connectivity index (χ0v) is 22.6. The largest absolute Gasteiger partial charge is 0.489 e. The molecule has 36 heavy (non-hydrogen) atoms. The number of carbonyl (C=O) groups is 1. The summed E-state index contributed by atoms with van der Waals surface area (Å²) in [5, 5.41) is 12.4. The van der Waals surface area contributed by atoms with Crippen molar-refractivity contribution in [3.8, 4) is 5.75 Å². The number of rotatable bonds is 7. The van der Waals surface area contributed by atoms with Crippen molar-refractivity contribution in [2.75, 3.05) is 0 Å². The second-order valence-corrected chi connectivity index (χ2v) is 12.4. The van der Waals surface area contributed by atoms with E-state index in [1.807, 2.05) is 6.07 Å². The lowest BCUT2D eigenvalue weighted by atomic mass is 9.70. The zero-order valence-electron chi connectivity index (χ0n) is 21.9. The van der Waals surface area contributed by atoms with E-state index in [9.17, 15) is 9.90 Å². The quantitative estimate of drug-likeness (QED) is 0.384. The minimum Gasteiger partial charge on any atom is -0.489 e. The van der Waals surface area contributed by atoms with E-state index in [1.54, 1.807) is 0 Å². The van der Waals surface area contributed by atoms with Gasteiger partial charge in [-0.2, -0.15) is 0 Å². The van der Waals surface area contributed by atoms with E-state index in [2.05, 4.69) is 62.6 Å². The average molecular weight is 510 g/mol. The molecule has 5 heteroatoms. The molecular weight excluding hydrogens is 470 g/mol. The van der Waals surface area contributed by atoms with Gasteiger partial charge in [0.05, 0.1) is 17.0 Å². The topological polar surface area (TPSA) is 49.8 Å². The van der Waals surface area contributed by atoms with E-state index >= 15 is 0 Å². The smallest absolute Gasteiger partial charge is 0.306 e. The van der Waals surface area contributed by atoms with E-state index in [4.69, 9.17) is 16.3 Å². The van der Waals surface area contributed by atoms with Gasteiger partial charge in [-0.25, -0.2) is 0 Å². The molecule has 3 unspecified atom stereocenters. The van der Waals surface area contributed by atoms with Crippen molar-refractivity contribution in [3.05, 3.63) is 53.6 Å². The molecule has 2 saturated heterocycles. The first kappa shape index (κ1) is 25.6. The molecule has 0 spiro atoms. The predicted molar refractivity (Wildman–Crippen MR) is 147 cm³/mol. The van der Waals surface area contributed by atoms with Crippen LogP contribution in [-0.2, 0) is 4.79 Å². The van der Waals surface area contributed by atoms with Crippen LogP contribution in [0.25, 0.3) is 10.8 Å². The highest BCUT2D eigenvalue weighted by Crippen LogP contribution is 2.45. The van der Waals surface area contributed by atoms with E-state index in [1.165, 1.54) is 5.56 Å². The van der Waals surface area contributed by atoms with Gasteiger partial charge >= 0.3 is 5.97 Å². The molecular formula is C31H40ClNO3. The van der Waals surface area contributed by atoms with Crippen molar-refractivity contribution in [1.82, 2.24) is 4.90 Å². The third-order valence-corrected chi connectivity index (χ3v) is 9.95. The van der Waals surface area contributed by atoms with Crippen molar-refractivity contribution in [2.45, 2.75) is 96.4 Å². The number of piperidine rings is 1. The lowest BCUT2D eigenvalue weighted by Crippen LogP contribution is -2.45. The van der Waals surface area contributed by atoms with Crippen LogP contribution in [0, 0.1) is 17.3 Å². The Bertz CT molecular complexity index is 1120. The van der Waals surface area contributed by atoms with Gasteiger partial charge in [0, 0.05) is 23.5 Å². The normalized spacial score (nSPS) is 29.7. The maximum absolute atomic E-state index is 11.6. The maximum atomic E-state index is 11.6. The van der Waals surface area contributed by atoms with Crippen molar-refractivity contribution in [3.63, 3.8) is 0 Å². The molecule has 4 nitrogen and oxygen atoms in total. The van der Waals surface area contributed by atoms with E-state index in [-0.39, 0.29) is 23.5 Å². The Morgan fingerprint density at radius 3 is 2.39 bits per heavy atom. The number of carboxylic acid groups (broad SMARTS) is 1. The number of allylic oxidation sites excluding steroid dienone is 1. The third kappa shape index (κ3) is 4.79. The highest BCUT2D eigenvalue weighted by atomic mass is 35.5. The van der Waals surface area contributed by atoms with Gasteiger partial charge in [-0.1, -0.05) is 49.7 Å². The Balaban J connectivity index is 1.28. The number of ether oxygens (including phenoxy) is 1. The summed E-state index contributed by atoms with van der Waals surface area (Å²) in [5.41, 5.74) is 1.44. The van der Waals surface area contributed by atoms with Crippen molar-refractivity contribution < 1.29 is 14.6 Å². The minimum atomic E-state index is -0.633. The SMILES string of the molecule is C=CC(C)(C)C1CCC(Oc2ccc3cc(C(C)N4C5CCC4CC(C(=O)O)C5)ccc3c2Cl)CC1. The Hall–Kier alpha value is -2.04. The number of fused-ring (bicyclic) bond motifs is 3. The molecule has 2 heterocycles. The Morgan fingerprint density at radius 2 is 1.78 bits per heavy atom. The molecule has 2 aliphatic heterocycles. The fourth-order valence-corrected chi connectivity index (χ4v) is 7.41. The van der Waals surface area contributed by atoms with Gasteiger partial charge in [0.2, 0.25) is 0 Å². The monoisotopic (exact) mass is 509 g/mol. The molecule has 2 bridgehead atoms. The molecule has 2 aromatic rings. The molecule has 0 amide bonds. The van der Waals surface area contributed by atoms with Gasteiger partial charge in [-0.05, 0) is 92.7 Å². The molecule has 1 saturated carbocycles. The number of nitrogens with zero attached hydrogens (tertiary/aromatic N) is 1. The van der Waals surface area contributed by atoms with Gasteiger partial charge in [0.1, 0.15) is 5.75 Å². The lowest BCUT2D eigenvalue weighted by Gasteiger charge is -2.41. The van der Waals surface area contributed by atoms with Crippen molar-refractivity contribution in [2.24, 2.45) is 17.3 Å². The summed E-state index contributed by atoms with van der Waals surface area (Å²) in [6.45, 7) is 10.8. The number of aliphatic carboxylic acids is 1. The summed E-state index contributed by atoms with van der Waals surface area (Å²) in [6, 6.07) is 11.7. The second kappa shape index (κ2) is 10.0. The minimum absolute atomic E-state index is 0.173. The number of halogens is 1. The molecule has 5 rings (SSSR count). The van der Waals surface area contributed by atoms with Gasteiger partial charge in [0.25, 0.3) is 0 Å². The molecule has 0 aromatic heterocycles. The molecule has 194 valence electrons. The Morgan fingerprint density at radius 1 is 1.11 bits per heavy atom. The van der Waals surface area contributed by atoms with E-state index < -0.39 is 5.97 Å². The predicted octanol–water partition coefficient (Wildman–Crippen LogP) is 8.03. The molecule has 0 radical (unpaired) electrons. The van der Waals surface area contributed by atoms with Gasteiger partial charge in [0.15, 0.2) is 0 Å². The van der Waals surface area contributed by atoms with Crippen LogP contribution in [0.5, 0.6) is 5.75 Å². The van der Waals surface area contributed by atoms with Gasteiger partial charge in [-0.3, -0.25) is 9.69 Å². The fourth-order valence-electron chi connectivity index (χ4n) is 7.13. The van der Waals surface area contributed by atoms with Crippen LogP contribution >= 0.6 is 11.6 Å². The first-order chi connectivity index (χ1) is 17.2. The maximum Gasteiger partial charge on any atom is 0.306 e. The average Bonchev–Trinajstić information content (AvgIpc) is 3.13. The highest BCUT2D eigenvalue weighted by molar-refractivity contribution is 6.37. The van der Waals surface area contributed by atoms with Crippen molar-refractivity contribution in [1.29, 1.82) is 0 Å². The van der Waals surface area contributed by atoms with Crippen LogP contribution in [0.1, 0.15) is 83.7 Å². The van der Waals surface area contributed by atoms with Crippen molar-refractivity contribution >= 4 is 28.3 Å². The second-order valence-electron chi connectivity index (χ2n) is 12.0. The van der Waals surface area contributed by atoms with Crippen LogP contribution < -0.4 is 4.74 Å². The van der Waals surface area contributed by atoms with Crippen LogP contribution in [0.2, 0.25) is 5.02 Å². The Labute approximate surface area is 220 Å². The third-order valence-electron chi connectivity index (χ3n) is 9.56. The summed E-state index contributed by atoms with van der Waals surface area (Å²) in [5.74, 6) is 0.618. The summed E-state index contributed by atoms with van der Waals surface area (Å²) in [6.07, 6.45) is 10.5. The Kier molecular flexibility index (Phi) is 7.13. The lowest BCUT2D eigenvalue weighted by molar-refractivity contribution is -0.144. The standard InChI is InChI=1S/C31H40ClNO3/c1-5-31(3,4)23-8-12-26(13-9-23)36-28-15-7-21-16-20(6-14-27(21)29(28)32)19(2)33-24-10-11-25(33)18-22(17-24)30(34)35/h5-7,14-16,19,22-26H,1,8-13,17-18H2,2-4H3,(H,34,35). The fraction of sp³-hybridized carbons (Fsp3) is 0.581. The summed E-state index contributed by atoms with van der Waals surface area (Å²) in [4.78, 5) is 14.1. The molecule has 3 fully saturated rings. The van der Waals surface area contributed by atoms with Gasteiger partial charge in [-0.15, -0.1) is 6.58 Å². The molecule has 2 aromatic carbocycles. The van der Waals surface area contributed by atoms with Crippen LogP contribution in [0.4, 0.5) is 0 Å². The molecule has 3 aliphatic rings. The van der Waals surface area contributed by atoms with E-state index in [0.29, 0.717) is 23.0 Å². The first-order valence-corrected chi connectivity index (χ1v) is 14.1. The zero-order chi connectivity index (χ0) is 25.6. The number of benzene rings is 2.